The minimum atomic E-state index is 0.0592. The average molecular weight is 440 g/mol. The van der Waals surface area contributed by atoms with Gasteiger partial charge in [-0.1, -0.05) is 86.7 Å². The molecule has 0 aromatic heterocycles. The topological polar surface area (TPSA) is 12.0 Å². The second-order valence-corrected chi connectivity index (χ2v) is 11.3. The van der Waals surface area contributed by atoms with Gasteiger partial charge in [0.05, 0.1) is 6.04 Å². The van der Waals surface area contributed by atoms with E-state index in [0.29, 0.717) is 23.8 Å². The van der Waals surface area contributed by atoms with Gasteiger partial charge in [0.1, 0.15) is 0 Å². The van der Waals surface area contributed by atoms with Gasteiger partial charge in [-0.25, -0.2) is 0 Å². The Kier molecular flexibility index (Phi) is 3.59. The Morgan fingerprint density at radius 1 is 0.882 bits per heavy atom. The van der Waals surface area contributed by atoms with Crippen molar-refractivity contribution >= 4 is 16.8 Å². The van der Waals surface area contributed by atoms with Crippen molar-refractivity contribution in [3.05, 3.63) is 124 Å². The van der Waals surface area contributed by atoms with Gasteiger partial charge in [-0.15, -0.1) is 0 Å². The predicted molar refractivity (Wildman–Crippen MR) is 142 cm³/mol. The van der Waals surface area contributed by atoms with Gasteiger partial charge >= 0.3 is 0 Å². The normalized spacial score (nSPS) is 30.2. The van der Waals surface area contributed by atoms with Crippen LogP contribution in [0.4, 0.5) is 5.69 Å². The van der Waals surface area contributed by atoms with Crippen LogP contribution in [-0.2, 0) is 5.41 Å². The van der Waals surface area contributed by atoms with Crippen LogP contribution in [0.25, 0.3) is 11.1 Å². The lowest BCUT2D eigenvalue weighted by Gasteiger charge is -2.36. The molecule has 6 aliphatic rings. The molecule has 4 atom stereocenters. The first kappa shape index (κ1) is 19.0. The van der Waals surface area contributed by atoms with Crippen molar-refractivity contribution in [2.24, 2.45) is 5.92 Å². The van der Waals surface area contributed by atoms with E-state index in [2.05, 4.69) is 104 Å². The van der Waals surface area contributed by atoms with Gasteiger partial charge in [0.15, 0.2) is 0 Å². The van der Waals surface area contributed by atoms with Gasteiger partial charge in [0, 0.05) is 28.9 Å². The summed E-state index contributed by atoms with van der Waals surface area (Å²) in [4.78, 5) is 0. The lowest BCUT2D eigenvalue weighted by atomic mass is 9.67. The molecule has 0 amide bonds. The number of anilines is 1. The maximum absolute atomic E-state index is 3.94. The fourth-order valence-corrected chi connectivity index (χ4v) is 7.59. The fraction of sp³-hybridized carbons (Fsp3) is 0.273. The van der Waals surface area contributed by atoms with Gasteiger partial charge in [0.25, 0.3) is 0 Å². The lowest BCUT2D eigenvalue weighted by molar-refractivity contribution is 0.646. The number of nitrogens with one attached hydrogen (secondary N) is 1. The Bertz CT molecular complexity index is 1470. The third-order valence-electron chi connectivity index (χ3n) is 9.22. The Morgan fingerprint density at radius 2 is 1.74 bits per heavy atom. The van der Waals surface area contributed by atoms with Crippen LogP contribution in [0.5, 0.6) is 0 Å². The van der Waals surface area contributed by atoms with E-state index in [1.165, 1.54) is 44.7 Å². The van der Waals surface area contributed by atoms with Crippen LogP contribution in [0.1, 0.15) is 66.3 Å². The molecular weight excluding hydrogens is 410 g/mol. The van der Waals surface area contributed by atoms with Crippen molar-refractivity contribution in [3.8, 4) is 0 Å². The third-order valence-corrected chi connectivity index (χ3v) is 9.22. The van der Waals surface area contributed by atoms with Crippen molar-refractivity contribution in [3.63, 3.8) is 0 Å². The maximum atomic E-state index is 3.94. The first-order valence-corrected chi connectivity index (χ1v) is 12.8. The minimum Gasteiger partial charge on any atom is -0.378 e. The molecule has 1 aliphatic heterocycles. The molecule has 34 heavy (non-hydrogen) atoms. The zero-order valence-corrected chi connectivity index (χ0v) is 19.8. The van der Waals surface area contributed by atoms with E-state index in [0.717, 1.165) is 12.8 Å². The van der Waals surface area contributed by atoms with Gasteiger partial charge in [-0.05, 0) is 75.1 Å². The first-order valence-electron chi connectivity index (χ1n) is 12.8. The van der Waals surface area contributed by atoms with Crippen molar-refractivity contribution in [2.75, 3.05) is 5.32 Å². The van der Waals surface area contributed by atoms with Crippen LogP contribution < -0.4 is 5.32 Å². The summed E-state index contributed by atoms with van der Waals surface area (Å²) >= 11 is 0. The SMILES string of the molecule is CC1(C)C2=CC3Nc4cc5c(cc4C3C=C2c2ccccc21)C1=C(C=CCC1)C1C=CC=CC51. The first-order chi connectivity index (χ1) is 16.6. The van der Waals surface area contributed by atoms with Crippen LogP contribution in [0.15, 0.2) is 96.2 Å². The molecule has 1 heterocycles. The second kappa shape index (κ2) is 6.42. The predicted octanol–water partition coefficient (Wildman–Crippen LogP) is 7.82. The number of hydrogen-bond donors (Lipinski definition) is 1. The molecule has 0 spiro atoms. The van der Waals surface area contributed by atoms with Gasteiger partial charge < -0.3 is 5.32 Å². The average Bonchev–Trinajstić information content (AvgIpc) is 3.34. The molecule has 1 nitrogen and oxygen atoms in total. The Morgan fingerprint density at radius 3 is 2.65 bits per heavy atom. The number of allylic oxidation sites excluding steroid dienone is 10. The second-order valence-electron chi connectivity index (χ2n) is 11.3. The molecule has 166 valence electrons. The summed E-state index contributed by atoms with van der Waals surface area (Å²) in [6.07, 6.45) is 21.5. The standard InChI is InChI=1S/C33H29N/c1-33(2)29-14-8-7-13-23(29)26-16-28-27-15-24-21-11-5-3-9-19(21)20-10-4-6-12-22(20)25(24)17-31(27)34-32(28)18-30(26)33/h3-4,6-10,12-18,20,22,28,32,34H,5,11H2,1-2H3. The zero-order chi connectivity index (χ0) is 22.6. The zero-order valence-electron chi connectivity index (χ0n) is 19.8. The molecule has 0 saturated carbocycles. The summed E-state index contributed by atoms with van der Waals surface area (Å²) < 4.78 is 0. The van der Waals surface area contributed by atoms with E-state index in [1.807, 2.05) is 0 Å². The van der Waals surface area contributed by atoms with Crippen LogP contribution >= 0.6 is 0 Å². The molecule has 2 aromatic carbocycles. The summed E-state index contributed by atoms with van der Waals surface area (Å²) in [5, 5.41) is 3.94. The molecule has 0 bridgehead atoms. The van der Waals surface area contributed by atoms with Crippen LogP contribution in [0, 0.1) is 5.92 Å². The van der Waals surface area contributed by atoms with Gasteiger partial charge in [0.2, 0.25) is 0 Å². The van der Waals surface area contributed by atoms with Crippen LogP contribution in [-0.4, -0.2) is 6.04 Å². The molecule has 1 heteroatoms. The van der Waals surface area contributed by atoms with Crippen molar-refractivity contribution in [1.82, 2.24) is 0 Å². The Hall–Kier alpha value is -3.32. The number of benzene rings is 2. The minimum absolute atomic E-state index is 0.0592. The molecule has 1 N–H and O–H groups in total. The van der Waals surface area contributed by atoms with E-state index < -0.39 is 0 Å². The molecule has 0 fully saturated rings. The highest BCUT2D eigenvalue weighted by Crippen LogP contribution is 2.56. The summed E-state index contributed by atoms with van der Waals surface area (Å²) in [5.41, 5.74) is 14.8. The smallest absolute Gasteiger partial charge is 0.0555 e. The third kappa shape index (κ3) is 2.30. The fourth-order valence-electron chi connectivity index (χ4n) is 7.59. The lowest BCUT2D eigenvalue weighted by Crippen LogP contribution is -2.24. The molecule has 8 rings (SSSR count). The Balaban J connectivity index is 1.31. The highest BCUT2D eigenvalue weighted by molar-refractivity contribution is 5.92. The molecule has 0 saturated heterocycles. The molecule has 0 radical (unpaired) electrons. The molecule has 2 aromatic rings. The van der Waals surface area contributed by atoms with E-state index in [4.69, 9.17) is 0 Å². The number of hydrogen-bond acceptors (Lipinski definition) is 1. The van der Waals surface area contributed by atoms with Crippen molar-refractivity contribution in [1.29, 1.82) is 0 Å². The van der Waals surface area contributed by atoms with Gasteiger partial charge in [-0.2, -0.15) is 0 Å². The summed E-state index contributed by atoms with van der Waals surface area (Å²) in [6, 6.07) is 14.4. The Labute approximate surface area is 202 Å². The highest BCUT2D eigenvalue weighted by Gasteiger charge is 2.44. The van der Waals surface area contributed by atoms with Gasteiger partial charge in [-0.3, -0.25) is 0 Å². The van der Waals surface area contributed by atoms with Crippen molar-refractivity contribution < 1.29 is 0 Å². The number of fused-ring (bicyclic) bond motifs is 11. The van der Waals surface area contributed by atoms with Crippen molar-refractivity contribution in [2.45, 2.75) is 50.0 Å². The monoisotopic (exact) mass is 439 g/mol. The largest absolute Gasteiger partial charge is 0.378 e. The molecule has 5 aliphatic carbocycles. The summed E-state index contributed by atoms with van der Waals surface area (Å²) in [6.45, 7) is 4.76. The molecular formula is C33H29N. The van der Waals surface area contributed by atoms with E-state index in [9.17, 15) is 0 Å². The van der Waals surface area contributed by atoms with Crippen LogP contribution in [0.3, 0.4) is 0 Å². The quantitative estimate of drug-likeness (QED) is 0.441. The van der Waals surface area contributed by atoms with E-state index in [1.54, 1.807) is 11.1 Å². The van der Waals surface area contributed by atoms with E-state index >= 15 is 0 Å². The van der Waals surface area contributed by atoms with Crippen LogP contribution in [0.2, 0.25) is 0 Å². The highest BCUT2D eigenvalue weighted by atomic mass is 15.0. The molecule has 4 unspecified atom stereocenters. The maximum Gasteiger partial charge on any atom is 0.0555 e. The number of rotatable bonds is 0. The summed E-state index contributed by atoms with van der Waals surface area (Å²) in [5.74, 6) is 1.31. The summed E-state index contributed by atoms with van der Waals surface area (Å²) in [7, 11) is 0. The van der Waals surface area contributed by atoms with E-state index in [-0.39, 0.29) is 5.41 Å².